The van der Waals surface area contributed by atoms with Crippen LogP contribution in [0, 0.1) is 11.8 Å². The number of amides is 4. The van der Waals surface area contributed by atoms with E-state index in [9.17, 15) is 14.4 Å². The number of urea groups is 2. The second-order valence-corrected chi connectivity index (χ2v) is 4.12. The third-order valence-corrected chi connectivity index (χ3v) is 2.31. The third kappa shape index (κ3) is 7.31. The highest BCUT2D eigenvalue weighted by Gasteiger charge is 2.21. The van der Waals surface area contributed by atoms with Gasteiger partial charge in [0.15, 0.2) is 0 Å². The summed E-state index contributed by atoms with van der Waals surface area (Å²) in [6, 6.07) is -1.14. The van der Waals surface area contributed by atoms with Crippen molar-refractivity contribution < 1.29 is 19.5 Å². The van der Waals surface area contributed by atoms with Crippen LogP contribution >= 0.6 is 0 Å². The summed E-state index contributed by atoms with van der Waals surface area (Å²) in [5.41, 5.74) is 4.83. The first kappa shape index (κ1) is 16.0. The van der Waals surface area contributed by atoms with Crippen LogP contribution in [0.3, 0.4) is 0 Å². The molecule has 0 bridgehead atoms. The molecule has 0 aromatic rings. The van der Waals surface area contributed by atoms with Gasteiger partial charge in [0, 0.05) is 19.6 Å². The molecule has 0 saturated heterocycles. The molecule has 0 aliphatic rings. The highest BCUT2D eigenvalue weighted by molar-refractivity contribution is 5.76. The number of aliphatic carboxylic acids is 1. The molecule has 8 nitrogen and oxygen atoms in total. The zero-order valence-corrected chi connectivity index (χ0v) is 10.5. The van der Waals surface area contributed by atoms with Gasteiger partial charge in [-0.1, -0.05) is 13.8 Å². The number of carboxylic acids is 1. The number of carboxylic acid groups (broad SMARTS) is 1. The molecule has 104 valence electrons. The summed E-state index contributed by atoms with van der Waals surface area (Å²) in [6.45, 7) is 4.04. The van der Waals surface area contributed by atoms with Crippen molar-refractivity contribution >= 4 is 18.0 Å². The summed E-state index contributed by atoms with van der Waals surface area (Å²) < 4.78 is 0. The van der Waals surface area contributed by atoms with E-state index in [-0.39, 0.29) is 25.6 Å². The third-order valence-electron chi connectivity index (χ3n) is 2.31. The van der Waals surface area contributed by atoms with Crippen LogP contribution in [0.2, 0.25) is 0 Å². The highest BCUT2D eigenvalue weighted by atomic mass is 16.4. The maximum atomic E-state index is 11.3. The maximum Gasteiger partial charge on any atom is 0.314 e. The first-order valence-electron chi connectivity index (χ1n) is 5.62. The van der Waals surface area contributed by atoms with E-state index >= 15 is 0 Å². The molecule has 0 spiro atoms. The molecule has 0 fully saturated rings. The zero-order chi connectivity index (χ0) is 14.1. The van der Waals surface area contributed by atoms with Crippen LogP contribution in [0.4, 0.5) is 9.59 Å². The van der Waals surface area contributed by atoms with Crippen LogP contribution < -0.4 is 21.7 Å². The van der Waals surface area contributed by atoms with E-state index in [1.54, 1.807) is 13.8 Å². The van der Waals surface area contributed by atoms with Crippen molar-refractivity contribution in [2.24, 2.45) is 17.6 Å². The van der Waals surface area contributed by atoms with Crippen LogP contribution in [0.5, 0.6) is 0 Å². The number of hydrogen-bond acceptors (Lipinski definition) is 3. The lowest BCUT2D eigenvalue weighted by atomic mass is 9.96. The molecular formula is C10H20N4O4. The smallest absolute Gasteiger partial charge is 0.314 e. The van der Waals surface area contributed by atoms with E-state index in [4.69, 9.17) is 10.8 Å². The summed E-state index contributed by atoms with van der Waals surface area (Å²) in [7, 11) is 0. The van der Waals surface area contributed by atoms with Gasteiger partial charge in [-0.05, 0) is 5.92 Å². The summed E-state index contributed by atoms with van der Waals surface area (Å²) in [4.78, 5) is 32.5. The van der Waals surface area contributed by atoms with Gasteiger partial charge in [0.1, 0.15) is 0 Å². The van der Waals surface area contributed by atoms with Gasteiger partial charge >= 0.3 is 18.0 Å². The van der Waals surface area contributed by atoms with Gasteiger partial charge in [0.05, 0.1) is 5.92 Å². The van der Waals surface area contributed by atoms with Gasteiger partial charge in [0.2, 0.25) is 0 Å². The molecule has 0 saturated carbocycles. The molecular weight excluding hydrogens is 240 g/mol. The van der Waals surface area contributed by atoms with E-state index in [0.717, 1.165) is 0 Å². The molecule has 0 rings (SSSR count). The molecule has 4 amide bonds. The minimum absolute atomic E-state index is 0.0576. The average Bonchev–Trinajstić information content (AvgIpc) is 2.23. The average molecular weight is 260 g/mol. The SMILES string of the molecule is CC(C)C(CNC(=O)NCCNC(N)=O)C(=O)O. The van der Waals surface area contributed by atoms with Crippen molar-refractivity contribution in [1.29, 1.82) is 0 Å². The molecule has 1 atom stereocenters. The second kappa shape index (κ2) is 8.15. The van der Waals surface area contributed by atoms with Crippen molar-refractivity contribution in [2.45, 2.75) is 13.8 Å². The Morgan fingerprint density at radius 2 is 1.67 bits per heavy atom. The number of nitrogens with one attached hydrogen (secondary N) is 3. The molecule has 8 heteroatoms. The van der Waals surface area contributed by atoms with E-state index in [0.29, 0.717) is 0 Å². The lowest BCUT2D eigenvalue weighted by Gasteiger charge is -2.16. The molecule has 6 N–H and O–H groups in total. The van der Waals surface area contributed by atoms with Crippen LogP contribution in [0.1, 0.15) is 13.8 Å². The van der Waals surface area contributed by atoms with Gasteiger partial charge in [-0.2, -0.15) is 0 Å². The predicted octanol–water partition coefficient (Wildman–Crippen LogP) is -0.689. The first-order valence-corrected chi connectivity index (χ1v) is 5.62. The number of rotatable bonds is 7. The Morgan fingerprint density at radius 1 is 1.11 bits per heavy atom. The van der Waals surface area contributed by atoms with Crippen LogP contribution in [-0.4, -0.2) is 42.8 Å². The monoisotopic (exact) mass is 260 g/mol. The van der Waals surface area contributed by atoms with Crippen LogP contribution in [-0.2, 0) is 4.79 Å². The number of carbonyl (C=O) groups excluding carboxylic acids is 2. The van der Waals surface area contributed by atoms with Gasteiger partial charge < -0.3 is 26.8 Å². The molecule has 0 aromatic heterocycles. The van der Waals surface area contributed by atoms with Crippen molar-refractivity contribution in [1.82, 2.24) is 16.0 Å². The Morgan fingerprint density at radius 3 is 2.11 bits per heavy atom. The number of carbonyl (C=O) groups is 3. The Labute approximate surface area is 105 Å². The Hall–Kier alpha value is -1.99. The highest BCUT2D eigenvalue weighted by Crippen LogP contribution is 2.09. The summed E-state index contributed by atoms with van der Waals surface area (Å²) in [5, 5.41) is 16.1. The van der Waals surface area contributed by atoms with Crippen LogP contribution in [0.25, 0.3) is 0 Å². The minimum atomic E-state index is -0.944. The van der Waals surface area contributed by atoms with E-state index in [2.05, 4.69) is 16.0 Å². The molecule has 18 heavy (non-hydrogen) atoms. The summed E-state index contributed by atoms with van der Waals surface area (Å²) >= 11 is 0. The fourth-order valence-electron chi connectivity index (χ4n) is 1.24. The van der Waals surface area contributed by atoms with Gasteiger partial charge in [-0.3, -0.25) is 4.79 Å². The fraction of sp³-hybridized carbons (Fsp3) is 0.700. The number of primary amides is 1. The second-order valence-electron chi connectivity index (χ2n) is 4.12. The standard InChI is InChI=1S/C10H20N4O4/c1-6(2)7(8(15)16)5-14-10(18)13-4-3-12-9(11)17/h6-7H,3-5H2,1-2H3,(H,15,16)(H3,11,12,17)(H2,13,14,18). The Balaban J connectivity index is 3.81. The molecule has 0 aliphatic carbocycles. The molecule has 0 aromatic carbocycles. The Kier molecular flexibility index (Phi) is 7.25. The van der Waals surface area contributed by atoms with E-state index in [1.807, 2.05) is 0 Å². The fourth-order valence-corrected chi connectivity index (χ4v) is 1.24. The topological polar surface area (TPSA) is 134 Å². The van der Waals surface area contributed by atoms with Crippen molar-refractivity contribution in [3.8, 4) is 0 Å². The first-order chi connectivity index (χ1) is 8.34. The molecule has 0 aliphatic heterocycles. The van der Waals surface area contributed by atoms with Crippen molar-refractivity contribution in [3.05, 3.63) is 0 Å². The summed E-state index contributed by atoms with van der Waals surface area (Å²) in [6.07, 6.45) is 0. The van der Waals surface area contributed by atoms with Crippen LogP contribution in [0.15, 0.2) is 0 Å². The maximum absolute atomic E-state index is 11.3. The Bertz CT molecular complexity index is 306. The van der Waals surface area contributed by atoms with Gasteiger partial charge in [0.25, 0.3) is 0 Å². The summed E-state index contributed by atoms with van der Waals surface area (Å²) in [5.74, 6) is -1.64. The van der Waals surface area contributed by atoms with Gasteiger partial charge in [-0.15, -0.1) is 0 Å². The normalized spacial score (nSPS) is 11.7. The quantitative estimate of drug-likeness (QED) is 0.387. The largest absolute Gasteiger partial charge is 0.481 e. The van der Waals surface area contributed by atoms with E-state index < -0.39 is 23.9 Å². The number of hydrogen-bond donors (Lipinski definition) is 5. The molecule has 0 radical (unpaired) electrons. The van der Waals surface area contributed by atoms with Gasteiger partial charge in [-0.25, -0.2) is 9.59 Å². The van der Waals surface area contributed by atoms with Crippen molar-refractivity contribution in [2.75, 3.05) is 19.6 Å². The predicted molar refractivity (Wildman–Crippen MR) is 65.0 cm³/mol. The zero-order valence-electron chi connectivity index (χ0n) is 10.5. The number of nitrogens with two attached hydrogens (primary N) is 1. The lowest BCUT2D eigenvalue weighted by Crippen LogP contribution is -2.44. The lowest BCUT2D eigenvalue weighted by molar-refractivity contribution is -0.142. The molecule has 1 unspecified atom stereocenters. The molecule has 0 heterocycles. The minimum Gasteiger partial charge on any atom is -0.481 e. The van der Waals surface area contributed by atoms with E-state index in [1.165, 1.54) is 0 Å². The van der Waals surface area contributed by atoms with Crippen molar-refractivity contribution in [3.63, 3.8) is 0 Å².